The Morgan fingerprint density at radius 2 is 2.39 bits per heavy atom. The van der Waals surface area contributed by atoms with Gasteiger partial charge in [0.05, 0.1) is 24.0 Å². The van der Waals surface area contributed by atoms with Gasteiger partial charge in [-0.2, -0.15) is 0 Å². The van der Waals surface area contributed by atoms with E-state index in [4.69, 9.17) is 9.84 Å². The summed E-state index contributed by atoms with van der Waals surface area (Å²) in [4.78, 5) is 10.6. The van der Waals surface area contributed by atoms with Crippen LogP contribution in [0.1, 0.15) is 31.1 Å². The first-order chi connectivity index (χ1) is 8.65. The molecule has 2 saturated heterocycles. The Morgan fingerprint density at radius 3 is 3.00 bits per heavy atom. The highest BCUT2D eigenvalue weighted by Gasteiger charge is 2.43. The summed E-state index contributed by atoms with van der Waals surface area (Å²) in [5, 5.41) is 17.6. The summed E-state index contributed by atoms with van der Waals surface area (Å²) in [6.45, 7) is 1.91. The number of ether oxygens (including phenoxy) is 1. The number of thioether (sulfide) groups is 1. The van der Waals surface area contributed by atoms with Crippen LogP contribution in [-0.4, -0.2) is 43.8 Å². The number of aromatic nitrogens is 3. The van der Waals surface area contributed by atoms with E-state index in [1.165, 1.54) is 11.8 Å². The van der Waals surface area contributed by atoms with Gasteiger partial charge in [0.1, 0.15) is 5.82 Å². The van der Waals surface area contributed by atoms with Gasteiger partial charge in [-0.15, -0.1) is 10.2 Å². The maximum Gasteiger partial charge on any atom is 0.313 e. The van der Waals surface area contributed by atoms with E-state index in [2.05, 4.69) is 14.8 Å². The summed E-state index contributed by atoms with van der Waals surface area (Å²) < 4.78 is 7.90. The van der Waals surface area contributed by atoms with Gasteiger partial charge >= 0.3 is 5.97 Å². The molecule has 3 unspecified atom stereocenters. The molecule has 98 valence electrons. The van der Waals surface area contributed by atoms with Crippen LogP contribution in [0.5, 0.6) is 0 Å². The molecule has 7 heteroatoms. The summed E-state index contributed by atoms with van der Waals surface area (Å²) in [6, 6.07) is 0.273. The van der Waals surface area contributed by atoms with Gasteiger partial charge in [-0.25, -0.2) is 0 Å². The molecule has 1 aromatic heterocycles. The van der Waals surface area contributed by atoms with Crippen LogP contribution in [0, 0.1) is 6.92 Å². The lowest BCUT2D eigenvalue weighted by Crippen LogP contribution is -2.22. The molecule has 2 aliphatic rings. The Hall–Kier alpha value is -1.08. The first kappa shape index (κ1) is 12.0. The van der Waals surface area contributed by atoms with Crippen molar-refractivity contribution in [3.8, 4) is 0 Å². The molecular weight excluding hydrogens is 254 g/mol. The number of carboxylic acid groups (broad SMARTS) is 1. The molecule has 1 aromatic rings. The van der Waals surface area contributed by atoms with Gasteiger partial charge < -0.3 is 14.4 Å². The molecule has 0 amide bonds. The molecule has 2 fully saturated rings. The highest BCUT2D eigenvalue weighted by molar-refractivity contribution is 7.99. The quantitative estimate of drug-likeness (QED) is 0.829. The Labute approximate surface area is 109 Å². The predicted octanol–water partition coefficient (Wildman–Crippen LogP) is 1.26. The predicted molar refractivity (Wildman–Crippen MR) is 64.7 cm³/mol. The molecular formula is C11H15N3O3S. The maximum absolute atomic E-state index is 10.6. The van der Waals surface area contributed by atoms with Crippen molar-refractivity contribution in [2.24, 2.45) is 0 Å². The van der Waals surface area contributed by atoms with Crippen LogP contribution in [0.15, 0.2) is 5.16 Å². The monoisotopic (exact) mass is 269 g/mol. The van der Waals surface area contributed by atoms with E-state index in [0.29, 0.717) is 11.3 Å². The summed E-state index contributed by atoms with van der Waals surface area (Å²) >= 11 is 1.22. The zero-order chi connectivity index (χ0) is 12.7. The van der Waals surface area contributed by atoms with Crippen molar-refractivity contribution in [1.82, 2.24) is 14.8 Å². The Balaban J connectivity index is 1.82. The second-order valence-electron chi connectivity index (χ2n) is 4.76. The van der Waals surface area contributed by atoms with E-state index < -0.39 is 5.97 Å². The highest BCUT2D eigenvalue weighted by Crippen LogP contribution is 2.43. The number of aryl methyl sites for hydroxylation is 1. The topological polar surface area (TPSA) is 77.2 Å². The fourth-order valence-electron chi connectivity index (χ4n) is 2.84. The molecule has 0 aliphatic carbocycles. The fraction of sp³-hybridized carbons (Fsp3) is 0.727. The molecule has 3 heterocycles. The summed E-state index contributed by atoms with van der Waals surface area (Å²) in [6.07, 6.45) is 3.81. The van der Waals surface area contributed by atoms with Crippen molar-refractivity contribution >= 4 is 17.7 Å². The molecule has 0 radical (unpaired) electrons. The van der Waals surface area contributed by atoms with E-state index in [0.717, 1.165) is 25.1 Å². The van der Waals surface area contributed by atoms with Gasteiger partial charge in [-0.3, -0.25) is 4.79 Å². The molecule has 2 bridgehead atoms. The molecule has 3 atom stereocenters. The minimum absolute atomic E-state index is 0.0137. The third-order valence-electron chi connectivity index (χ3n) is 3.57. The SMILES string of the molecule is Cc1nnc(SCC(=O)O)n1C1CC2CCC1O2. The van der Waals surface area contributed by atoms with E-state index in [-0.39, 0.29) is 17.9 Å². The molecule has 0 saturated carbocycles. The molecule has 6 nitrogen and oxygen atoms in total. The van der Waals surface area contributed by atoms with Gasteiger partial charge in [-0.1, -0.05) is 11.8 Å². The van der Waals surface area contributed by atoms with Crippen molar-refractivity contribution in [3.63, 3.8) is 0 Å². The second kappa shape index (κ2) is 4.55. The molecule has 0 spiro atoms. The average Bonchev–Trinajstić information content (AvgIpc) is 3.00. The third-order valence-corrected chi connectivity index (χ3v) is 4.49. The van der Waals surface area contributed by atoms with E-state index >= 15 is 0 Å². The summed E-state index contributed by atoms with van der Waals surface area (Å²) in [5.74, 6) is 0.0141. The van der Waals surface area contributed by atoms with Crippen molar-refractivity contribution < 1.29 is 14.6 Å². The Kier molecular flexibility index (Phi) is 3.03. The highest BCUT2D eigenvalue weighted by atomic mass is 32.2. The number of carbonyl (C=O) groups is 1. The normalized spacial score (nSPS) is 29.9. The minimum atomic E-state index is -0.837. The molecule has 2 aliphatic heterocycles. The molecule has 3 rings (SSSR count). The van der Waals surface area contributed by atoms with Gasteiger partial charge in [0.25, 0.3) is 0 Å². The largest absolute Gasteiger partial charge is 0.481 e. The first-order valence-corrected chi connectivity index (χ1v) is 7.05. The van der Waals surface area contributed by atoms with Crippen molar-refractivity contribution in [2.75, 3.05) is 5.75 Å². The molecule has 18 heavy (non-hydrogen) atoms. The number of hydrogen-bond acceptors (Lipinski definition) is 5. The van der Waals surface area contributed by atoms with Gasteiger partial charge in [0.15, 0.2) is 5.16 Å². The summed E-state index contributed by atoms with van der Waals surface area (Å²) in [7, 11) is 0. The van der Waals surface area contributed by atoms with Crippen LogP contribution >= 0.6 is 11.8 Å². The van der Waals surface area contributed by atoms with Crippen LogP contribution in [0.2, 0.25) is 0 Å². The Bertz CT molecular complexity index is 476. The van der Waals surface area contributed by atoms with Crippen molar-refractivity contribution in [1.29, 1.82) is 0 Å². The zero-order valence-electron chi connectivity index (χ0n) is 10.1. The Morgan fingerprint density at radius 1 is 1.56 bits per heavy atom. The van der Waals surface area contributed by atoms with Gasteiger partial charge in [0, 0.05) is 0 Å². The number of carboxylic acids is 1. The van der Waals surface area contributed by atoms with Crippen LogP contribution < -0.4 is 0 Å². The average molecular weight is 269 g/mol. The standard InChI is InChI=1S/C11H15N3O3S/c1-6-12-13-11(18-5-10(15)16)14(6)8-4-7-2-3-9(8)17-7/h7-9H,2-5H2,1H3,(H,15,16). The van der Waals surface area contributed by atoms with Crippen LogP contribution in [0.4, 0.5) is 0 Å². The molecule has 0 aromatic carbocycles. The fourth-order valence-corrected chi connectivity index (χ4v) is 3.60. The lowest BCUT2D eigenvalue weighted by atomic mass is 9.95. The van der Waals surface area contributed by atoms with E-state index in [1.807, 2.05) is 6.92 Å². The smallest absolute Gasteiger partial charge is 0.313 e. The lowest BCUT2D eigenvalue weighted by molar-refractivity contribution is -0.133. The number of rotatable bonds is 4. The van der Waals surface area contributed by atoms with E-state index in [9.17, 15) is 4.79 Å². The van der Waals surface area contributed by atoms with E-state index in [1.54, 1.807) is 0 Å². The minimum Gasteiger partial charge on any atom is -0.481 e. The third kappa shape index (κ3) is 2.01. The molecule has 1 N–H and O–H groups in total. The van der Waals surface area contributed by atoms with Crippen molar-refractivity contribution in [3.05, 3.63) is 5.82 Å². The number of hydrogen-bond donors (Lipinski definition) is 1. The van der Waals surface area contributed by atoms with Crippen LogP contribution in [0.25, 0.3) is 0 Å². The number of nitrogens with zero attached hydrogens (tertiary/aromatic N) is 3. The first-order valence-electron chi connectivity index (χ1n) is 6.06. The zero-order valence-corrected chi connectivity index (χ0v) is 10.9. The van der Waals surface area contributed by atoms with Crippen LogP contribution in [-0.2, 0) is 9.53 Å². The summed E-state index contributed by atoms with van der Waals surface area (Å²) in [5.41, 5.74) is 0. The maximum atomic E-state index is 10.6. The second-order valence-corrected chi connectivity index (χ2v) is 5.70. The van der Waals surface area contributed by atoms with Gasteiger partial charge in [0.2, 0.25) is 0 Å². The number of aliphatic carboxylic acids is 1. The number of fused-ring (bicyclic) bond motifs is 2. The van der Waals surface area contributed by atoms with Crippen LogP contribution in [0.3, 0.4) is 0 Å². The van der Waals surface area contributed by atoms with Crippen molar-refractivity contribution in [2.45, 2.75) is 49.6 Å². The lowest BCUT2D eigenvalue weighted by Gasteiger charge is -2.22. The van der Waals surface area contributed by atoms with Gasteiger partial charge in [-0.05, 0) is 26.2 Å².